The molecule has 1 N–H and O–H groups in total. The van der Waals surface area contributed by atoms with Gasteiger partial charge in [-0.2, -0.15) is 0 Å². The van der Waals surface area contributed by atoms with E-state index in [0.717, 1.165) is 22.7 Å². The average molecular weight is 347 g/mol. The normalized spacial score (nSPS) is 10.2. The second kappa shape index (κ2) is 8.72. The van der Waals surface area contributed by atoms with Gasteiger partial charge < -0.3 is 14.8 Å². The summed E-state index contributed by atoms with van der Waals surface area (Å²) < 4.78 is 11.1. The van der Waals surface area contributed by atoms with Crippen molar-refractivity contribution in [2.24, 2.45) is 0 Å². The lowest BCUT2D eigenvalue weighted by atomic mass is 10.1. The van der Waals surface area contributed by atoms with Gasteiger partial charge in [0.1, 0.15) is 18.1 Å². The Kier molecular flexibility index (Phi) is 5.88. The summed E-state index contributed by atoms with van der Waals surface area (Å²) in [5.41, 5.74) is 2.34. The number of ether oxygens (including phenoxy) is 2. The molecule has 0 heterocycles. The Balaban J connectivity index is 1.56. The molecule has 3 aromatic carbocycles. The number of para-hydroxylation sites is 1. The number of carbonyl (C=O) groups excluding carboxylic acids is 1. The first-order chi connectivity index (χ1) is 12.7. The molecule has 4 heteroatoms. The van der Waals surface area contributed by atoms with Crippen LogP contribution in [0.4, 0.5) is 5.69 Å². The molecule has 0 radical (unpaired) electrons. The van der Waals surface area contributed by atoms with E-state index in [1.54, 1.807) is 12.1 Å². The maximum atomic E-state index is 12.3. The molecule has 132 valence electrons. The SMILES string of the molecule is CCOc1ccc(NC(=O)c2ccc(COc3ccccc3)cc2)cc1. The summed E-state index contributed by atoms with van der Waals surface area (Å²) in [5.74, 6) is 1.46. The third-order valence-electron chi connectivity index (χ3n) is 3.79. The van der Waals surface area contributed by atoms with E-state index in [-0.39, 0.29) is 5.91 Å². The Morgan fingerprint density at radius 1 is 0.808 bits per heavy atom. The molecule has 26 heavy (non-hydrogen) atoms. The largest absolute Gasteiger partial charge is 0.494 e. The maximum Gasteiger partial charge on any atom is 0.255 e. The second-order valence-corrected chi connectivity index (χ2v) is 5.71. The van der Waals surface area contributed by atoms with Gasteiger partial charge in [-0.3, -0.25) is 4.79 Å². The summed E-state index contributed by atoms with van der Waals surface area (Å²) >= 11 is 0. The monoisotopic (exact) mass is 347 g/mol. The molecule has 0 unspecified atom stereocenters. The minimum atomic E-state index is -0.148. The van der Waals surface area contributed by atoms with E-state index in [1.807, 2.05) is 73.7 Å². The van der Waals surface area contributed by atoms with Crippen LogP contribution < -0.4 is 14.8 Å². The predicted molar refractivity (Wildman–Crippen MR) is 103 cm³/mol. The summed E-state index contributed by atoms with van der Waals surface area (Å²) in [4.78, 5) is 12.3. The van der Waals surface area contributed by atoms with Crippen LogP contribution in [0.1, 0.15) is 22.8 Å². The molecule has 1 amide bonds. The highest BCUT2D eigenvalue weighted by molar-refractivity contribution is 6.04. The first-order valence-corrected chi connectivity index (χ1v) is 8.55. The van der Waals surface area contributed by atoms with Crippen molar-refractivity contribution in [1.82, 2.24) is 0 Å². The maximum absolute atomic E-state index is 12.3. The number of hydrogen-bond donors (Lipinski definition) is 1. The van der Waals surface area contributed by atoms with Gasteiger partial charge in [-0.05, 0) is 61.0 Å². The molecule has 0 spiro atoms. The van der Waals surface area contributed by atoms with Crippen molar-refractivity contribution in [2.45, 2.75) is 13.5 Å². The number of carbonyl (C=O) groups is 1. The van der Waals surface area contributed by atoms with Crippen LogP contribution in [0.15, 0.2) is 78.9 Å². The molecule has 0 atom stereocenters. The second-order valence-electron chi connectivity index (χ2n) is 5.71. The summed E-state index contributed by atoms with van der Waals surface area (Å²) in [6, 6.07) is 24.4. The number of rotatable bonds is 7. The smallest absolute Gasteiger partial charge is 0.255 e. The van der Waals surface area contributed by atoms with Crippen LogP contribution in [0, 0.1) is 0 Å². The van der Waals surface area contributed by atoms with Crippen molar-refractivity contribution in [3.8, 4) is 11.5 Å². The molecule has 0 aromatic heterocycles. The van der Waals surface area contributed by atoms with Gasteiger partial charge in [0.25, 0.3) is 5.91 Å². The fourth-order valence-electron chi connectivity index (χ4n) is 2.44. The first kappa shape index (κ1) is 17.5. The lowest BCUT2D eigenvalue weighted by molar-refractivity contribution is 0.102. The zero-order chi connectivity index (χ0) is 18.2. The van der Waals surface area contributed by atoms with Crippen molar-refractivity contribution < 1.29 is 14.3 Å². The Morgan fingerprint density at radius 2 is 1.46 bits per heavy atom. The lowest BCUT2D eigenvalue weighted by Gasteiger charge is -2.09. The fourth-order valence-corrected chi connectivity index (χ4v) is 2.44. The number of anilines is 1. The van der Waals surface area contributed by atoms with Gasteiger partial charge in [-0.1, -0.05) is 30.3 Å². The predicted octanol–water partition coefficient (Wildman–Crippen LogP) is 4.92. The highest BCUT2D eigenvalue weighted by Gasteiger charge is 2.06. The molecule has 3 aromatic rings. The van der Waals surface area contributed by atoms with Crippen molar-refractivity contribution in [3.63, 3.8) is 0 Å². The highest BCUT2D eigenvalue weighted by atomic mass is 16.5. The molecule has 0 saturated carbocycles. The first-order valence-electron chi connectivity index (χ1n) is 8.55. The Labute approximate surface area is 153 Å². The van der Waals surface area contributed by atoms with Crippen LogP contribution in [0.25, 0.3) is 0 Å². The molecule has 3 rings (SSSR count). The molecule has 0 aliphatic carbocycles. The van der Waals surface area contributed by atoms with Crippen molar-refractivity contribution >= 4 is 11.6 Å². The quantitative estimate of drug-likeness (QED) is 0.660. The Bertz CT molecular complexity index is 828. The summed E-state index contributed by atoms with van der Waals surface area (Å²) in [7, 11) is 0. The number of nitrogens with one attached hydrogen (secondary N) is 1. The van der Waals surface area contributed by atoms with E-state index < -0.39 is 0 Å². The van der Waals surface area contributed by atoms with Crippen LogP contribution in [0.2, 0.25) is 0 Å². The van der Waals surface area contributed by atoms with Gasteiger partial charge in [0.05, 0.1) is 6.61 Å². The molecule has 0 aliphatic rings. The fraction of sp³-hybridized carbons (Fsp3) is 0.136. The lowest BCUT2D eigenvalue weighted by Crippen LogP contribution is -2.11. The Morgan fingerprint density at radius 3 is 2.12 bits per heavy atom. The third-order valence-corrected chi connectivity index (χ3v) is 3.79. The van der Waals surface area contributed by atoms with Crippen LogP contribution in [-0.4, -0.2) is 12.5 Å². The van der Waals surface area contributed by atoms with E-state index >= 15 is 0 Å². The summed E-state index contributed by atoms with van der Waals surface area (Å²) in [6.45, 7) is 3.01. The third kappa shape index (κ3) is 4.86. The molecule has 4 nitrogen and oxygen atoms in total. The van der Waals surface area contributed by atoms with Crippen LogP contribution in [-0.2, 0) is 6.61 Å². The summed E-state index contributed by atoms with van der Waals surface area (Å²) in [6.07, 6.45) is 0. The number of benzene rings is 3. The summed E-state index contributed by atoms with van der Waals surface area (Å²) in [5, 5.41) is 2.88. The van der Waals surface area contributed by atoms with Crippen molar-refractivity contribution in [3.05, 3.63) is 90.0 Å². The van der Waals surface area contributed by atoms with Gasteiger partial charge in [0.2, 0.25) is 0 Å². The van der Waals surface area contributed by atoms with Crippen LogP contribution in [0.5, 0.6) is 11.5 Å². The molecular formula is C22H21NO3. The van der Waals surface area contributed by atoms with Gasteiger partial charge in [0.15, 0.2) is 0 Å². The number of hydrogen-bond acceptors (Lipinski definition) is 3. The zero-order valence-electron chi connectivity index (χ0n) is 14.6. The molecule has 0 saturated heterocycles. The van der Waals surface area contributed by atoms with Gasteiger partial charge in [-0.15, -0.1) is 0 Å². The molecule has 0 bridgehead atoms. The Hall–Kier alpha value is -3.27. The van der Waals surface area contributed by atoms with Crippen molar-refractivity contribution in [1.29, 1.82) is 0 Å². The topological polar surface area (TPSA) is 47.6 Å². The van der Waals surface area contributed by atoms with Crippen LogP contribution >= 0.6 is 0 Å². The van der Waals surface area contributed by atoms with E-state index in [2.05, 4.69) is 5.32 Å². The average Bonchev–Trinajstić information content (AvgIpc) is 2.69. The van der Waals surface area contributed by atoms with E-state index in [1.165, 1.54) is 0 Å². The van der Waals surface area contributed by atoms with Gasteiger partial charge in [0, 0.05) is 11.3 Å². The van der Waals surface area contributed by atoms with E-state index in [0.29, 0.717) is 18.8 Å². The van der Waals surface area contributed by atoms with Crippen LogP contribution in [0.3, 0.4) is 0 Å². The van der Waals surface area contributed by atoms with Crippen molar-refractivity contribution in [2.75, 3.05) is 11.9 Å². The van der Waals surface area contributed by atoms with E-state index in [9.17, 15) is 4.79 Å². The van der Waals surface area contributed by atoms with Gasteiger partial charge >= 0.3 is 0 Å². The van der Waals surface area contributed by atoms with Gasteiger partial charge in [-0.25, -0.2) is 0 Å². The minimum absolute atomic E-state index is 0.148. The highest BCUT2D eigenvalue weighted by Crippen LogP contribution is 2.17. The minimum Gasteiger partial charge on any atom is -0.494 e. The standard InChI is InChI=1S/C22H21NO3/c1-2-25-21-14-12-19(13-15-21)23-22(24)18-10-8-17(9-11-18)16-26-20-6-4-3-5-7-20/h3-15H,2,16H2,1H3,(H,23,24). The zero-order valence-corrected chi connectivity index (χ0v) is 14.6. The molecule has 0 aliphatic heterocycles. The molecular weight excluding hydrogens is 326 g/mol. The molecule has 0 fully saturated rings. The van der Waals surface area contributed by atoms with E-state index in [4.69, 9.17) is 9.47 Å². The number of amides is 1.